The van der Waals surface area contributed by atoms with E-state index in [1.165, 1.54) is 6.26 Å². The van der Waals surface area contributed by atoms with Crippen molar-refractivity contribution < 1.29 is 8.42 Å². The van der Waals surface area contributed by atoms with Crippen molar-refractivity contribution in [3.63, 3.8) is 0 Å². The number of nitrogens with two attached hydrogens (primary N) is 1. The molecule has 0 heterocycles. The maximum Gasteiger partial charge on any atom is 0.188 e. The smallest absolute Gasteiger partial charge is 0.188 e. The summed E-state index contributed by atoms with van der Waals surface area (Å²) in [6.45, 7) is 4.20. The molecule has 0 aromatic rings. The monoisotopic (exact) mass is 261 g/mol. The maximum atomic E-state index is 11.9. The molecule has 1 aliphatic carbocycles. The molecule has 0 unspecified atom stereocenters. The topological polar surface area (TPSA) is 84.5 Å². The normalized spacial score (nSPS) is 20.8. The van der Waals surface area contributed by atoms with Crippen LogP contribution in [0.4, 0.5) is 0 Å². The summed E-state index contributed by atoms with van der Waals surface area (Å²) in [4.78, 5) is 4.19. The van der Waals surface area contributed by atoms with Gasteiger partial charge in [-0.05, 0) is 26.7 Å². The van der Waals surface area contributed by atoms with Gasteiger partial charge >= 0.3 is 0 Å². The Morgan fingerprint density at radius 1 is 1.41 bits per heavy atom. The molecule has 1 fully saturated rings. The highest BCUT2D eigenvalue weighted by molar-refractivity contribution is 7.92. The molecule has 0 saturated heterocycles. The van der Waals surface area contributed by atoms with E-state index in [2.05, 4.69) is 10.3 Å². The van der Waals surface area contributed by atoms with Gasteiger partial charge in [-0.15, -0.1) is 0 Å². The van der Waals surface area contributed by atoms with Crippen molar-refractivity contribution in [2.45, 2.75) is 50.3 Å². The van der Waals surface area contributed by atoms with Crippen LogP contribution in [0.25, 0.3) is 0 Å². The predicted molar refractivity (Wildman–Crippen MR) is 70.8 cm³/mol. The fraction of sp³-hybridized carbons (Fsp3) is 0.909. The Labute approximate surface area is 104 Å². The van der Waals surface area contributed by atoms with E-state index in [-0.39, 0.29) is 12.6 Å². The lowest BCUT2D eigenvalue weighted by Crippen LogP contribution is -2.42. The highest BCUT2D eigenvalue weighted by atomic mass is 32.2. The molecular weight excluding hydrogens is 238 g/mol. The van der Waals surface area contributed by atoms with Crippen molar-refractivity contribution in [3.05, 3.63) is 0 Å². The van der Waals surface area contributed by atoms with Crippen LogP contribution in [-0.4, -0.2) is 38.0 Å². The number of guanidine groups is 1. The van der Waals surface area contributed by atoms with E-state index in [1.807, 2.05) is 13.8 Å². The number of sulfone groups is 1. The third kappa shape index (κ3) is 3.59. The van der Waals surface area contributed by atoms with E-state index in [0.29, 0.717) is 18.8 Å². The first-order valence-corrected chi connectivity index (χ1v) is 7.92. The zero-order valence-electron chi connectivity index (χ0n) is 10.9. The van der Waals surface area contributed by atoms with Crippen LogP contribution in [0.1, 0.15) is 39.5 Å². The summed E-state index contributed by atoms with van der Waals surface area (Å²) in [6, 6.07) is 0.205. The average molecular weight is 261 g/mol. The molecule has 100 valence electrons. The molecule has 5 nitrogen and oxygen atoms in total. The standard InChI is InChI=1S/C11H23N3O2S/c1-9(2)14-10(12)13-8-11(17(3,15)16)6-4-5-7-11/h9H,4-8H2,1-3H3,(H3,12,13,14). The summed E-state index contributed by atoms with van der Waals surface area (Å²) in [5, 5.41) is 2.97. The molecule has 0 aromatic heterocycles. The number of hydrogen-bond donors (Lipinski definition) is 2. The Bertz CT molecular complexity index is 382. The van der Waals surface area contributed by atoms with Crippen molar-refractivity contribution in [2.75, 3.05) is 12.8 Å². The van der Waals surface area contributed by atoms with Gasteiger partial charge in [0.15, 0.2) is 15.8 Å². The zero-order chi connectivity index (χ0) is 13.1. The van der Waals surface area contributed by atoms with Crippen LogP contribution in [-0.2, 0) is 9.84 Å². The van der Waals surface area contributed by atoms with Crippen molar-refractivity contribution >= 4 is 15.8 Å². The van der Waals surface area contributed by atoms with E-state index in [1.54, 1.807) is 0 Å². The Balaban J connectivity index is 2.76. The molecule has 0 radical (unpaired) electrons. The van der Waals surface area contributed by atoms with Gasteiger partial charge in [-0.1, -0.05) is 12.8 Å². The first-order chi connectivity index (χ1) is 7.77. The van der Waals surface area contributed by atoms with E-state index >= 15 is 0 Å². The molecule has 0 atom stereocenters. The molecule has 0 spiro atoms. The fourth-order valence-corrected chi connectivity index (χ4v) is 3.57. The molecule has 3 N–H and O–H groups in total. The molecule has 0 aliphatic heterocycles. The van der Waals surface area contributed by atoms with Gasteiger partial charge in [0.2, 0.25) is 0 Å². The van der Waals surface area contributed by atoms with Gasteiger partial charge in [0.05, 0.1) is 11.3 Å². The summed E-state index contributed by atoms with van der Waals surface area (Å²) in [7, 11) is -3.08. The van der Waals surface area contributed by atoms with Gasteiger partial charge in [-0.2, -0.15) is 0 Å². The summed E-state index contributed by atoms with van der Waals surface area (Å²) >= 11 is 0. The number of nitrogens with one attached hydrogen (secondary N) is 1. The molecule has 1 rings (SSSR count). The predicted octanol–water partition coefficient (Wildman–Crippen LogP) is 0.657. The molecule has 1 aliphatic rings. The van der Waals surface area contributed by atoms with Gasteiger partial charge in [0.25, 0.3) is 0 Å². The Morgan fingerprint density at radius 3 is 2.35 bits per heavy atom. The van der Waals surface area contributed by atoms with Gasteiger partial charge < -0.3 is 11.1 Å². The first-order valence-electron chi connectivity index (χ1n) is 6.03. The number of rotatable bonds is 4. The fourth-order valence-electron chi connectivity index (χ4n) is 2.24. The second-order valence-corrected chi connectivity index (χ2v) is 7.57. The van der Waals surface area contributed by atoms with Crippen LogP contribution in [0.3, 0.4) is 0 Å². The number of hydrogen-bond acceptors (Lipinski definition) is 3. The summed E-state index contributed by atoms with van der Waals surface area (Å²) in [5.74, 6) is 0.329. The summed E-state index contributed by atoms with van der Waals surface area (Å²) < 4.78 is 23.0. The molecule has 1 saturated carbocycles. The molecule has 0 amide bonds. The second kappa shape index (κ2) is 5.25. The second-order valence-electron chi connectivity index (χ2n) is 5.16. The quantitative estimate of drug-likeness (QED) is 0.575. The van der Waals surface area contributed by atoms with Crippen LogP contribution < -0.4 is 11.1 Å². The lowest BCUT2D eigenvalue weighted by Gasteiger charge is -2.25. The molecule has 6 heteroatoms. The van der Waals surface area contributed by atoms with Crippen LogP contribution >= 0.6 is 0 Å². The zero-order valence-corrected chi connectivity index (χ0v) is 11.7. The summed E-state index contributed by atoms with van der Waals surface area (Å²) in [6.07, 6.45) is 4.62. The van der Waals surface area contributed by atoms with E-state index in [4.69, 9.17) is 5.73 Å². The third-order valence-electron chi connectivity index (χ3n) is 3.28. The maximum absolute atomic E-state index is 11.9. The van der Waals surface area contributed by atoms with Gasteiger partial charge in [-0.25, -0.2) is 8.42 Å². The highest BCUT2D eigenvalue weighted by Gasteiger charge is 2.43. The number of aliphatic imine (C=N–C) groups is 1. The van der Waals surface area contributed by atoms with Crippen molar-refractivity contribution in [1.82, 2.24) is 5.32 Å². The van der Waals surface area contributed by atoms with Crippen LogP contribution in [0.5, 0.6) is 0 Å². The van der Waals surface area contributed by atoms with Crippen LogP contribution in [0.2, 0.25) is 0 Å². The summed E-state index contributed by atoms with van der Waals surface area (Å²) in [5.41, 5.74) is 5.70. The molecular formula is C11H23N3O2S. The van der Waals surface area contributed by atoms with E-state index in [0.717, 1.165) is 12.8 Å². The molecule has 0 bridgehead atoms. The third-order valence-corrected chi connectivity index (χ3v) is 5.39. The number of nitrogens with zero attached hydrogens (tertiary/aromatic N) is 1. The van der Waals surface area contributed by atoms with Gasteiger partial charge in [-0.3, -0.25) is 4.99 Å². The Morgan fingerprint density at radius 2 is 1.94 bits per heavy atom. The Kier molecular flexibility index (Phi) is 4.41. The Hall–Kier alpha value is -0.780. The minimum absolute atomic E-state index is 0.205. The van der Waals surface area contributed by atoms with Crippen molar-refractivity contribution in [2.24, 2.45) is 10.7 Å². The molecule has 17 heavy (non-hydrogen) atoms. The van der Waals surface area contributed by atoms with Crippen LogP contribution in [0.15, 0.2) is 4.99 Å². The SMILES string of the molecule is CC(C)NC(N)=NCC1(S(C)(=O)=O)CCCC1. The highest BCUT2D eigenvalue weighted by Crippen LogP contribution is 2.36. The first kappa shape index (κ1) is 14.3. The van der Waals surface area contributed by atoms with E-state index in [9.17, 15) is 8.42 Å². The minimum atomic E-state index is -3.08. The minimum Gasteiger partial charge on any atom is -0.370 e. The van der Waals surface area contributed by atoms with Gasteiger partial charge in [0.1, 0.15) is 0 Å². The van der Waals surface area contributed by atoms with E-state index < -0.39 is 14.6 Å². The van der Waals surface area contributed by atoms with Crippen LogP contribution in [0, 0.1) is 0 Å². The van der Waals surface area contributed by atoms with Gasteiger partial charge in [0, 0.05) is 12.3 Å². The average Bonchev–Trinajstić information content (AvgIpc) is 2.62. The van der Waals surface area contributed by atoms with Crippen molar-refractivity contribution in [1.29, 1.82) is 0 Å². The van der Waals surface area contributed by atoms with Crippen molar-refractivity contribution in [3.8, 4) is 0 Å². The lowest BCUT2D eigenvalue weighted by molar-refractivity contribution is 0.520. The molecule has 0 aromatic carbocycles. The lowest BCUT2D eigenvalue weighted by atomic mass is 10.1. The largest absolute Gasteiger partial charge is 0.370 e.